The van der Waals surface area contributed by atoms with Crippen molar-refractivity contribution < 1.29 is 8.78 Å². The Labute approximate surface area is 91.7 Å². The lowest BCUT2D eigenvalue weighted by Gasteiger charge is -2.07. The molecule has 2 N–H and O–H groups in total. The molecule has 0 radical (unpaired) electrons. The van der Waals surface area contributed by atoms with Crippen molar-refractivity contribution in [3.63, 3.8) is 0 Å². The summed E-state index contributed by atoms with van der Waals surface area (Å²) in [5.74, 6) is -0.596. The van der Waals surface area contributed by atoms with E-state index in [2.05, 4.69) is 4.98 Å². The lowest BCUT2D eigenvalue weighted by Crippen LogP contribution is -1.96. The molecule has 2 nitrogen and oxygen atoms in total. The molecule has 1 aromatic heterocycles. The summed E-state index contributed by atoms with van der Waals surface area (Å²) in [6.07, 6.45) is 0. The van der Waals surface area contributed by atoms with Gasteiger partial charge >= 0.3 is 0 Å². The van der Waals surface area contributed by atoms with Crippen molar-refractivity contribution in [1.82, 2.24) is 4.98 Å². The van der Waals surface area contributed by atoms with Crippen LogP contribution in [0.3, 0.4) is 0 Å². The third kappa shape index (κ3) is 1.86. The van der Waals surface area contributed by atoms with Crippen molar-refractivity contribution in [2.75, 3.05) is 5.73 Å². The van der Waals surface area contributed by atoms with E-state index >= 15 is 0 Å². The van der Waals surface area contributed by atoms with Crippen LogP contribution in [0.5, 0.6) is 0 Å². The molecule has 82 valence electrons. The Morgan fingerprint density at radius 3 is 2.50 bits per heavy atom. The van der Waals surface area contributed by atoms with E-state index in [1.54, 1.807) is 19.1 Å². The average molecular weight is 220 g/mol. The summed E-state index contributed by atoms with van der Waals surface area (Å²) >= 11 is 0. The van der Waals surface area contributed by atoms with Crippen LogP contribution >= 0.6 is 0 Å². The highest BCUT2D eigenvalue weighted by Gasteiger charge is 2.09. The number of rotatable bonds is 1. The second-order valence-corrected chi connectivity index (χ2v) is 3.49. The summed E-state index contributed by atoms with van der Waals surface area (Å²) in [7, 11) is 0. The highest BCUT2D eigenvalue weighted by atomic mass is 19.1. The van der Waals surface area contributed by atoms with Gasteiger partial charge in [-0.25, -0.2) is 13.8 Å². The van der Waals surface area contributed by atoms with Gasteiger partial charge in [0.2, 0.25) is 0 Å². The average Bonchev–Trinajstić information content (AvgIpc) is 2.22. The van der Waals surface area contributed by atoms with Gasteiger partial charge in [0.1, 0.15) is 17.5 Å². The van der Waals surface area contributed by atoms with Gasteiger partial charge in [-0.2, -0.15) is 0 Å². The number of pyridine rings is 1. The van der Waals surface area contributed by atoms with Gasteiger partial charge in [0.15, 0.2) is 0 Å². The van der Waals surface area contributed by atoms with Crippen molar-refractivity contribution in [3.8, 4) is 11.1 Å². The maximum Gasteiger partial charge on any atom is 0.131 e. The molecule has 2 rings (SSSR count). The molecule has 0 unspecified atom stereocenters. The minimum atomic E-state index is -0.479. The van der Waals surface area contributed by atoms with Crippen LogP contribution in [0.25, 0.3) is 11.1 Å². The first-order valence-corrected chi connectivity index (χ1v) is 4.76. The standard InChI is InChI=1S/C12H10F2N2/c1-7-9(3-5-12(15)16-7)10-6-8(13)2-4-11(10)14/h2-6H,1H3,(H2,15,16). The number of anilines is 1. The summed E-state index contributed by atoms with van der Waals surface area (Å²) in [6, 6.07) is 6.52. The van der Waals surface area contributed by atoms with E-state index in [1.165, 1.54) is 0 Å². The van der Waals surface area contributed by atoms with Crippen molar-refractivity contribution in [3.05, 3.63) is 47.7 Å². The summed E-state index contributed by atoms with van der Waals surface area (Å²) in [4.78, 5) is 4.01. The molecule has 0 aliphatic rings. The Kier molecular flexibility index (Phi) is 2.56. The second kappa shape index (κ2) is 3.89. The lowest BCUT2D eigenvalue weighted by molar-refractivity contribution is 0.603. The number of hydrogen-bond donors (Lipinski definition) is 1. The van der Waals surface area contributed by atoms with E-state index in [4.69, 9.17) is 5.73 Å². The minimum Gasteiger partial charge on any atom is -0.384 e. The smallest absolute Gasteiger partial charge is 0.131 e. The molecule has 0 bridgehead atoms. The molecule has 0 fully saturated rings. The van der Waals surface area contributed by atoms with Gasteiger partial charge in [0, 0.05) is 16.8 Å². The van der Waals surface area contributed by atoms with Crippen LogP contribution in [0, 0.1) is 18.6 Å². The quantitative estimate of drug-likeness (QED) is 0.802. The first kappa shape index (κ1) is 10.5. The van der Waals surface area contributed by atoms with Crippen molar-refractivity contribution in [1.29, 1.82) is 0 Å². The monoisotopic (exact) mass is 220 g/mol. The normalized spacial score (nSPS) is 10.4. The van der Waals surface area contributed by atoms with Gasteiger partial charge in [-0.05, 0) is 37.3 Å². The molecule has 0 saturated heterocycles. The first-order valence-electron chi connectivity index (χ1n) is 4.76. The highest BCUT2D eigenvalue weighted by molar-refractivity contribution is 5.67. The molecular weight excluding hydrogens is 210 g/mol. The molecule has 0 aliphatic heterocycles. The zero-order valence-corrected chi connectivity index (χ0v) is 8.67. The number of hydrogen-bond acceptors (Lipinski definition) is 2. The SMILES string of the molecule is Cc1nc(N)ccc1-c1cc(F)ccc1F. The number of nitrogens with two attached hydrogens (primary N) is 1. The largest absolute Gasteiger partial charge is 0.384 e. The number of nitrogens with zero attached hydrogens (tertiary/aromatic N) is 1. The number of nitrogen functional groups attached to an aromatic ring is 1. The van der Waals surface area contributed by atoms with Crippen molar-refractivity contribution in [2.24, 2.45) is 0 Å². The topological polar surface area (TPSA) is 38.9 Å². The zero-order valence-electron chi connectivity index (χ0n) is 8.67. The third-order valence-electron chi connectivity index (χ3n) is 2.33. The lowest BCUT2D eigenvalue weighted by atomic mass is 10.0. The molecular formula is C12H10F2N2. The maximum atomic E-state index is 13.5. The minimum absolute atomic E-state index is 0.199. The van der Waals surface area contributed by atoms with E-state index in [0.717, 1.165) is 18.2 Å². The van der Waals surface area contributed by atoms with Gasteiger partial charge < -0.3 is 5.73 Å². The van der Waals surface area contributed by atoms with Gasteiger partial charge in [-0.3, -0.25) is 0 Å². The van der Waals surface area contributed by atoms with E-state index in [9.17, 15) is 8.78 Å². The van der Waals surface area contributed by atoms with Crippen LogP contribution < -0.4 is 5.73 Å². The fraction of sp³-hybridized carbons (Fsp3) is 0.0833. The van der Waals surface area contributed by atoms with E-state index in [1.807, 2.05) is 0 Å². The molecule has 1 aromatic carbocycles. The first-order chi connectivity index (χ1) is 7.58. The van der Waals surface area contributed by atoms with Gasteiger partial charge in [-0.1, -0.05) is 0 Å². The predicted molar refractivity (Wildman–Crippen MR) is 58.7 cm³/mol. The Morgan fingerprint density at radius 2 is 1.81 bits per heavy atom. The second-order valence-electron chi connectivity index (χ2n) is 3.49. The maximum absolute atomic E-state index is 13.5. The summed E-state index contributed by atoms with van der Waals surface area (Å²) < 4.78 is 26.5. The van der Waals surface area contributed by atoms with Crippen LogP contribution in [-0.4, -0.2) is 4.98 Å². The number of aryl methyl sites for hydroxylation is 1. The van der Waals surface area contributed by atoms with Crippen LogP contribution in [0.4, 0.5) is 14.6 Å². The predicted octanol–water partition coefficient (Wildman–Crippen LogP) is 2.92. The number of aromatic nitrogens is 1. The van der Waals surface area contributed by atoms with E-state index < -0.39 is 11.6 Å². The van der Waals surface area contributed by atoms with Crippen LogP contribution in [-0.2, 0) is 0 Å². The third-order valence-corrected chi connectivity index (χ3v) is 2.33. The zero-order chi connectivity index (χ0) is 11.7. The Hall–Kier alpha value is -1.97. The Balaban J connectivity index is 2.62. The molecule has 1 heterocycles. The fourth-order valence-corrected chi connectivity index (χ4v) is 1.57. The van der Waals surface area contributed by atoms with Gasteiger partial charge in [-0.15, -0.1) is 0 Å². The molecule has 4 heteroatoms. The van der Waals surface area contributed by atoms with Crippen LogP contribution in [0.15, 0.2) is 30.3 Å². The molecule has 0 spiro atoms. The fourth-order valence-electron chi connectivity index (χ4n) is 1.57. The summed E-state index contributed by atoms with van der Waals surface area (Å²) in [5.41, 5.74) is 6.81. The molecule has 16 heavy (non-hydrogen) atoms. The summed E-state index contributed by atoms with van der Waals surface area (Å²) in [6.45, 7) is 1.70. The van der Waals surface area contributed by atoms with E-state index in [0.29, 0.717) is 17.1 Å². The van der Waals surface area contributed by atoms with Crippen molar-refractivity contribution >= 4 is 5.82 Å². The Bertz CT molecular complexity index is 539. The van der Waals surface area contributed by atoms with E-state index in [-0.39, 0.29) is 5.56 Å². The number of halogens is 2. The molecule has 0 saturated carbocycles. The van der Waals surface area contributed by atoms with Gasteiger partial charge in [0.05, 0.1) is 0 Å². The molecule has 0 amide bonds. The van der Waals surface area contributed by atoms with Crippen LogP contribution in [0.2, 0.25) is 0 Å². The molecule has 0 atom stereocenters. The van der Waals surface area contributed by atoms with Crippen LogP contribution in [0.1, 0.15) is 5.69 Å². The summed E-state index contributed by atoms with van der Waals surface area (Å²) in [5, 5.41) is 0. The molecule has 2 aromatic rings. The highest BCUT2D eigenvalue weighted by Crippen LogP contribution is 2.26. The van der Waals surface area contributed by atoms with Crippen molar-refractivity contribution in [2.45, 2.75) is 6.92 Å². The Morgan fingerprint density at radius 1 is 1.06 bits per heavy atom. The number of benzene rings is 1. The molecule has 0 aliphatic carbocycles. The van der Waals surface area contributed by atoms with Gasteiger partial charge in [0.25, 0.3) is 0 Å².